The van der Waals surface area contributed by atoms with Gasteiger partial charge in [0.1, 0.15) is 23.1 Å². The highest BCUT2D eigenvalue weighted by atomic mass is 79.9. The molecule has 0 aliphatic heterocycles. The summed E-state index contributed by atoms with van der Waals surface area (Å²) < 4.78 is 32.7. The number of ether oxygens (including phenoxy) is 1. The van der Waals surface area contributed by atoms with Gasteiger partial charge in [-0.2, -0.15) is 0 Å². The minimum absolute atomic E-state index is 0.337. The molecular formula is C15H13BrF2O2. The molecule has 20 heavy (non-hydrogen) atoms. The average molecular weight is 343 g/mol. The Morgan fingerprint density at radius 2 is 1.85 bits per heavy atom. The van der Waals surface area contributed by atoms with E-state index in [9.17, 15) is 13.9 Å². The summed E-state index contributed by atoms with van der Waals surface area (Å²) in [6, 6.07) is 6.75. The summed E-state index contributed by atoms with van der Waals surface area (Å²) in [6.45, 7) is 3.13. The van der Waals surface area contributed by atoms with Crippen LogP contribution < -0.4 is 4.74 Å². The lowest BCUT2D eigenvalue weighted by atomic mass is 10.1. The zero-order valence-corrected chi connectivity index (χ0v) is 12.5. The molecule has 0 saturated heterocycles. The Morgan fingerprint density at radius 3 is 2.45 bits per heavy atom. The summed E-state index contributed by atoms with van der Waals surface area (Å²) in [4.78, 5) is 0. The van der Waals surface area contributed by atoms with Crippen LogP contribution in [0, 0.1) is 18.6 Å². The molecule has 2 aromatic carbocycles. The van der Waals surface area contributed by atoms with E-state index in [1.54, 1.807) is 6.92 Å². The molecule has 2 nitrogen and oxygen atoms in total. The zero-order chi connectivity index (χ0) is 14.9. The van der Waals surface area contributed by atoms with E-state index >= 15 is 0 Å². The van der Waals surface area contributed by atoms with Crippen LogP contribution in [0.5, 0.6) is 11.5 Å². The first kappa shape index (κ1) is 14.9. The van der Waals surface area contributed by atoms with E-state index in [1.807, 2.05) is 0 Å². The van der Waals surface area contributed by atoms with Gasteiger partial charge in [-0.1, -0.05) is 0 Å². The predicted octanol–water partition coefficient (Wildman–Crippen LogP) is 4.88. The summed E-state index contributed by atoms with van der Waals surface area (Å²) in [5.41, 5.74) is 0.743. The van der Waals surface area contributed by atoms with Gasteiger partial charge in [0.25, 0.3) is 0 Å². The van der Waals surface area contributed by atoms with Gasteiger partial charge in [-0.3, -0.25) is 0 Å². The number of aryl methyl sites for hydroxylation is 1. The van der Waals surface area contributed by atoms with E-state index in [0.717, 1.165) is 0 Å². The second-order valence-corrected chi connectivity index (χ2v) is 5.35. The number of benzene rings is 2. The molecule has 0 aromatic heterocycles. The molecule has 0 bridgehead atoms. The Morgan fingerprint density at radius 1 is 1.15 bits per heavy atom. The molecular weight excluding hydrogens is 330 g/mol. The van der Waals surface area contributed by atoms with Gasteiger partial charge >= 0.3 is 0 Å². The number of aliphatic hydroxyl groups is 1. The maximum Gasteiger partial charge on any atom is 0.141 e. The molecule has 106 valence electrons. The molecule has 0 saturated carbocycles. The lowest BCUT2D eigenvalue weighted by molar-refractivity contribution is 0.195. The molecule has 0 amide bonds. The third-order valence-corrected chi connectivity index (χ3v) is 3.47. The van der Waals surface area contributed by atoms with Crippen molar-refractivity contribution in [3.05, 3.63) is 57.6 Å². The molecule has 1 atom stereocenters. The van der Waals surface area contributed by atoms with E-state index in [-0.39, 0.29) is 0 Å². The Balaban J connectivity index is 2.44. The Labute approximate surface area is 124 Å². The second kappa shape index (κ2) is 5.89. The monoisotopic (exact) mass is 342 g/mol. The first-order valence-electron chi connectivity index (χ1n) is 5.99. The van der Waals surface area contributed by atoms with Crippen molar-refractivity contribution in [1.29, 1.82) is 0 Å². The summed E-state index contributed by atoms with van der Waals surface area (Å²) in [6.07, 6.45) is -0.876. The molecule has 0 fully saturated rings. The van der Waals surface area contributed by atoms with Crippen LogP contribution >= 0.6 is 15.9 Å². The van der Waals surface area contributed by atoms with Crippen LogP contribution in [0.15, 0.2) is 34.8 Å². The van der Waals surface area contributed by atoms with E-state index in [0.29, 0.717) is 27.1 Å². The number of hydrogen-bond donors (Lipinski definition) is 1. The van der Waals surface area contributed by atoms with Crippen molar-refractivity contribution < 1.29 is 18.6 Å². The second-order valence-electron chi connectivity index (χ2n) is 4.49. The van der Waals surface area contributed by atoms with E-state index < -0.39 is 17.7 Å². The van der Waals surface area contributed by atoms with E-state index in [4.69, 9.17) is 4.74 Å². The van der Waals surface area contributed by atoms with Crippen molar-refractivity contribution in [3.63, 3.8) is 0 Å². The molecule has 0 spiro atoms. The first-order chi connectivity index (χ1) is 9.38. The van der Waals surface area contributed by atoms with E-state index in [1.165, 1.54) is 37.3 Å². The van der Waals surface area contributed by atoms with Crippen LogP contribution in [0.2, 0.25) is 0 Å². The van der Waals surface area contributed by atoms with Gasteiger partial charge in [0.15, 0.2) is 0 Å². The molecule has 1 N–H and O–H groups in total. The van der Waals surface area contributed by atoms with Crippen molar-refractivity contribution >= 4 is 15.9 Å². The largest absolute Gasteiger partial charge is 0.456 e. The lowest BCUT2D eigenvalue weighted by Crippen LogP contribution is -1.99. The van der Waals surface area contributed by atoms with Crippen molar-refractivity contribution in [2.45, 2.75) is 20.0 Å². The summed E-state index contributed by atoms with van der Waals surface area (Å²) in [5, 5.41) is 9.69. The van der Waals surface area contributed by atoms with Crippen LogP contribution in [0.25, 0.3) is 0 Å². The van der Waals surface area contributed by atoms with Crippen molar-refractivity contribution in [3.8, 4) is 11.5 Å². The molecule has 0 aliphatic rings. The number of rotatable bonds is 3. The van der Waals surface area contributed by atoms with Crippen molar-refractivity contribution in [2.24, 2.45) is 0 Å². The molecule has 2 rings (SSSR count). The average Bonchev–Trinajstić information content (AvgIpc) is 2.36. The fourth-order valence-electron chi connectivity index (χ4n) is 1.76. The topological polar surface area (TPSA) is 29.5 Å². The fourth-order valence-corrected chi connectivity index (χ4v) is 2.19. The first-order valence-corrected chi connectivity index (χ1v) is 6.79. The van der Waals surface area contributed by atoms with Crippen molar-refractivity contribution in [2.75, 3.05) is 0 Å². The SMILES string of the molecule is Cc1cc(Oc2ccc(F)cc2Br)c([C@@H](C)O)cc1F. The Hall–Kier alpha value is -1.46. The quantitative estimate of drug-likeness (QED) is 0.861. The minimum Gasteiger partial charge on any atom is -0.456 e. The summed E-state index contributed by atoms with van der Waals surface area (Å²) in [5.74, 6) is -0.0767. The highest BCUT2D eigenvalue weighted by Gasteiger charge is 2.15. The smallest absolute Gasteiger partial charge is 0.141 e. The van der Waals surface area contributed by atoms with Gasteiger partial charge in [-0.15, -0.1) is 0 Å². The predicted molar refractivity (Wildman–Crippen MR) is 75.9 cm³/mol. The number of halogens is 3. The highest BCUT2D eigenvalue weighted by Crippen LogP contribution is 2.35. The van der Waals surface area contributed by atoms with Gasteiger partial charge in [0.2, 0.25) is 0 Å². The Bertz CT molecular complexity index is 642. The van der Waals surface area contributed by atoms with Crippen LogP contribution in [0.1, 0.15) is 24.2 Å². The van der Waals surface area contributed by atoms with Crippen LogP contribution in [-0.4, -0.2) is 5.11 Å². The van der Waals surface area contributed by atoms with Gasteiger partial charge in [-0.25, -0.2) is 8.78 Å². The Kier molecular flexibility index (Phi) is 4.40. The molecule has 5 heteroatoms. The molecule has 0 aliphatic carbocycles. The van der Waals surface area contributed by atoms with Crippen LogP contribution in [0.4, 0.5) is 8.78 Å². The van der Waals surface area contributed by atoms with Gasteiger partial charge < -0.3 is 9.84 Å². The fraction of sp³-hybridized carbons (Fsp3) is 0.200. The summed E-state index contributed by atoms with van der Waals surface area (Å²) >= 11 is 3.20. The zero-order valence-electron chi connectivity index (χ0n) is 11.0. The third kappa shape index (κ3) is 3.16. The minimum atomic E-state index is -0.876. The molecule has 0 unspecified atom stereocenters. The van der Waals surface area contributed by atoms with Crippen LogP contribution in [-0.2, 0) is 0 Å². The number of aliphatic hydroxyl groups excluding tert-OH is 1. The lowest BCUT2D eigenvalue weighted by Gasteiger charge is -2.15. The normalized spacial score (nSPS) is 12.3. The third-order valence-electron chi connectivity index (χ3n) is 2.85. The summed E-state index contributed by atoms with van der Waals surface area (Å²) in [7, 11) is 0. The van der Waals surface area contributed by atoms with Crippen molar-refractivity contribution in [1.82, 2.24) is 0 Å². The van der Waals surface area contributed by atoms with Crippen LogP contribution in [0.3, 0.4) is 0 Å². The molecule has 0 heterocycles. The maximum absolute atomic E-state index is 13.6. The van der Waals surface area contributed by atoms with Gasteiger partial charge in [-0.05, 0) is 65.7 Å². The molecule has 0 radical (unpaired) electrons. The van der Waals surface area contributed by atoms with Gasteiger partial charge in [0.05, 0.1) is 10.6 Å². The highest BCUT2D eigenvalue weighted by molar-refractivity contribution is 9.10. The van der Waals surface area contributed by atoms with E-state index in [2.05, 4.69) is 15.9 Å². The molecule has 2 aromatic rings. The van der Waals surface area contributed by atoms with Gasteiger partial charge in [0, 0.05) is 5.56 Å². The maximum atomic E-state index is 13.6. The number of hydrogen-bond acceptors (Lipinski definition) is 2. The standard InChI is InChI=1S/C15H13BrF2O2/c1-8-5-15(11(9(2)19)7-13(8)18)20-14-4-3-10(17)6-12(14)16/h3-7,9,19H,1-2H3/t9-/m1/s1.